The lowest BCUT2D eigenvalue weighted by Gasteiger charge is -2.13. The quantitative estimate of drug-likeness (QED) is 0.356. The zero-order chi connectivity index (χ0) is 19.2. The lowest BCUT2D eigenvalue weighted by Crippen LogP contribution is -2.09. The second-order valence-corrected chi connectivity index (χ2v) is 5.92. The van der Waals surface area contributed by atoms with E-state index in [9.17, 15) is 0 Å². The molecule has 0 aliphatic rings. The van der Waals surface area contributed by atoms with Crippen molar-refractivity contribution in [3.63, 3.8) is 0 Å². The van der Waals surface area contributed by atoms with E-state index >= 15 is 0 Å². The monoisotopic (exact) mass is 370 g/mol. The molecule has 0 atom stereocenters. The summed E-state index contributed by atoms with van der Waals surface area (Å²) in [5.41, 5.74) is 2.59. The second-order valence-electron chi connectivity index (χ2n) is 5.92. The summed E-state index contributed by atoms with van der Waals surface area (Å²) in [5.74, 6) is 1.18. The van der Waals surface area contributed by atoms with E-state index in [2.05, 4.69) is 15.3 Å². The maximum atomic E-state index is 5.90. The summed E-state index contributed by atoms with van der Waals surface area (Å²) >= 11 is 0. The van der Waals surface area contributed by atoms with Crippen LogP contribution in [0.3, 0.4) is 0 Å². The number of anilines is 2. The van der Waals surface area contributed by atoms with E-state index in [0.717, 1.165) is 22.6 Å². The summed E-state index contributed by atoms with van der Waals surface area (Å²) < 4.78 is 11.1. The third-order valence-corrected chi connectivity index (χ3v) is 4.06. The van der Waals surface area contributed by atoms with Crippen molar-refractivity contribution in [1.82, 2.24) is 10.2 Å². The summed E-state index contributed by atoms with van der Waals surface area (Å²) in [4.78, 5) is 0. The van der Waals surface area contributed by atoms with Gasteiger partial charge in [0.1, 0.15) is 5.75 Å². The van der Waals surface area contributed by atoms with E-state index in [-0.39, 0.29) is 6.01 Å². The molecule has 0 aliphatic carbocycles. The van der Waals surface area contributed by atoms with Gasteiger partial charge in [-0.15, -0.1) is 5.10 Å². The van der Waals surface area contributed by atoms with Crippen molar-refractivity contribution in [1.29, 1.82) is 0 Å². The summed E-state index contributed by atoms with van der Waals surface area (Å²) in [5, 5.41) is 14.5. The van der Waals surface area contributed by atoms with Crippen LogP contribution in [0.25, 0.3) is 11.5 Å². The summed E-state index contributed by atoms with van der Waals surface area (Å²) in [7, 11) is 1.63. The average molecular weight is 370 g/mol. The highest BCUT2D eigenvalue weighted by Crippen LogP contribution is 2.28. The van der Waals surface area contributed by atoms with Gasteiger partial charge >= 0.3 is 6.01 Å². The van der Waals surface area contributed by atoms with Gasteiger partial charge in [-0.3, -0.25) is 0 Å². The van der Waals surface area contributed by atoms with Gasteiger partial charge < -0.3 is 9.15 Å². The Labute approximate surface area is 162 Å². The molecule has 0 amide bonds. The molecule has 0 saturated carbocycles. The Balaban J connectivity index is 1.67. The number of benzene rings is 3. The number of hydrogen-bond acceptors (Lipinski definition) is 6. The molecule has 4 aromatic rings. The normalized spacial score (nSPS) is 10.9. The van der Waals surface area contributed by atoms with Crippen molar-refractivity contribution in [2.24, 2.45) is 5.10 Å². The molecule has 6 heteroatoms. The molecule has 138 valence electrons. The van der Waals surface area contributed by atoms with Gasteiger partial charge in [-0.2, -0.15) is 10.1 Å². The minimum absolute atomic E-state index is 0.282. The van der Waals surface area contributed by atoms with Crippen molar-refractivity contribution in [2.45, 2.75) is 0 Å². The van der Waals surface area contributed by atoms with E-state index in [4.69, 9.17) is 9.15 Å². The topological polar surface area (TPSA) is 63.8 Å². The summed E-state index contributed by atoms with van der Waals surface area (Å²) in [6.07, 6.45) is 1.75. The van der Waals surface area contributed by atoms with Crippen molar-refractivity contribution in [3.8, 4) is 17.2 Å². The van der Waals surface area contributed by atoms with E-state index < -0.39 is 0 Å². The smallest absolute Gasteiger partial charge is 0.344 e. The van der Waals surface area contributed by atoms with Crippen LogP contribution in [-0.2, 0) is 0 Å². The number of ether oxygens (including phenoxy) is 1. The van der Waals surface area contributed by atoms with Crippen LogP contribution >= 0.6 is 0 Å². The molecule has 0 bridgehead atoms. The molecular weight excluding hydrogens is 352 g/mol. The highest BCUT2D eigenvalue weighted by molar-refractivity contribution is 5.81. The van der Waals surface area contributed by atoms with Gasteiger partial charge in [-0.05, 0) is 42.0 Å². The maximum Gasteiger partial charge on any atom is 0.344 e. The van der Waals surface area contributed by atoms with E-state index in [1.165, 1.54) is 0 Å². The van der Waals surface area contributed by atoms with Crippen molar-refractivity contribution >= 4 is 17.9 Å². The summed E-state index contributed by atoms with van der Waals surface area (Å²) in [6, 6.07) is 27.2. The predicted molar refractivity (Wildman–Crippen MR) is 109 cm³/mol. The molecule has 0 fully saturated rings. The van der Waals surface area contributed by atoms with Crippen molar-refractivity contribution < 1.29 is 9.15 Å². The van der Waals surface area contributed by atoms with Gasteiger partial charge in [0, 0.05) is 5.56 Å². The third kappa shape index (κ3) is 3.91. The zero-order valence-electron chi connectivity index (χ0n) is 15.3. The number of aromatic nitrogens is 2. The van der Waals surface area contributed by atoms with Crippen LogP contribution in [0.4, 0.5) is 11.7 Å². The van der Waals surface area contributed by atoms with Gasteiger partial charge in [-0.1, -0.05) is 53.6 Å². The first-order chi connectivity index (χ1) is 13.8. The van der Waals surface area contributed by atoms with Crippen LogP contribution in [0.2, 0.25) is 0 Å². The SMILES string of the molecule is COc1ccc(-c2nnc(N(/N=C\c3ccccc3)c3ccccc3)o2)cc1. The van der Waals surface area contributed by atoms with Gasteiger partial charge in [0.15, 0.2) is 0 Å². The fraction of sp³-hybridized carbons (Fsp3) is 0.0455. The molecule has 4 rings (SSSR count). The predicted octanol–water partition coefficient (Wildman–Crippen LogP) is 4.92. The number of nitrogens with zero attached hydrogens (tertiary/aromatic N) is 4. The van der Waals surface area contributed by atoms with Crippen LogP contribution in [-0.4, -0.2) is 23.5 Å². The average Bonchev–Trinajstić information content (AvgIpc) is 3.25. The molecule has 0 aliphatic heterocycles. The van der Waals surface area contributed by atoms with Crippen molar-refractivity contribution in [2.75, 3.05) is 12.1 Å². The fourth-order valence-electron chi connectivity index (χ4n) is 2.61. The largest absolute Gasteiger partial charge is 0.497 e. The summed E-state index contributed by atoms with van der Waals surface area (Å²) in [6.45, 7) is 0. The molecule has 1 heterocycles. The number of methoxy groups -OCH3 is 1. The van der Waals surface area contributed by atoms with Crippen LogP contribution in [0.15, 0.2) is 94.4 Å². The van der Waals surface area contributed by atoms with Crippen LogP contribution in [0.5, 0.6) is 5.75 Å². The number of hydrogen-bond donors (Lipinski definition) is 0. The first kappa shape index (κ1) is 17.5. The minimum Gasteiger partial charge on any atom is -0.497 e. The highest BCUT2D eigenvalue weighted by Gasteiger charge is 2.16. The Kier molecular flexibility index (Phi) is 5.11. The molecule has 0 spiro atoms. The van der Waals surface area contributed by atoms with Gasteiger partial charge in [0.05, 0.1) is 19.0 Å². The Morgan fingerprint density at radius 3 is 2.21 bits per heavy atom. The number of hydrazone groups is 1. The van der Waals surface area contributed by atoms with Gasteiger partial charge in [-0.25, -0.2) is 0 Å². The molecule has 1 aromatic heterocycles. The molecule has 0 N–H and O–H groups in total. The first-order valence-electron chi connectivity index (χ1n) is 8.75. The Hall–Kier alpha value is -3.93. The molecule has 0 saturated heterocycles. The maximum absolute atomic E-state index is 5.90. The third-order valence-electron chi connectivity index (χ3n) is 4.06. The molecule has 28 heavy (non-hydrogen) atoms. The fourth-order valence-corrected chi connectivity index (χ4v) is 2.61. The van der Waals surface area contributed by atoms with E-state index in [0.29, 0.717) is 5.89 Å². The standard InChI is InChI=1S/C22H18N4O2/c1-27-20-14-12-18(13-15-20)21-24-25-22(28-21)26(19-10-6-3-7-11-19)23-16-17-8-4-2-5-9-17/h2-16H,1H3/b23-16-. The van der Waals surface area contributed by atoms with Crippen LogP contribution < -0.4 is 9.75 Å². The first-order valence-corrected chi connectivity index (χ1v) is 8.75. The van der Waals surface area contributed by atoms with E-state index in [1.54, 1.807) is 18.3 Å². The number of rotatable bonds is 6. The Bertz CT molecular complexity index is 1040. The molecule has 6 nitrogen and oxygen atoms in total. The zero-order valence-corrected chi connectivity index (χ0v) is 15.3. The highest BCUT2D eigenvalue weighted by atomic mass is 16.5. The van der Waals surface area contributed by atoms with Gasteiger partial charge in [0.25, 0.3) is 0 Å². The van der Waals surface area contributed by atoms with Crippen molar-refractivity contribution in [3.05, 3.63) is 90.5 Å². The molecule has 0 radical (unpaired) electrons. The molecule has 3 aromatic carbocycles. The Morgan fingerprint density at radius 2 is 1.54 bits per heavy atom. The molecule has 0 unspecified atom stereocenters. The number of para-hydroxylation sites is 1. The lowest BCUT2D eigenvalue weighted by atomic mass is 10.2. The van der Waals surface area contributed by atoms with Gasteiger partial charge in [0.2, 0.25) is 5.89 Å². The van der Waals surface area contributed by atoms with E-state index in [1.807, 2.05) is 84.9 Å². The lowest BCUT2D eigenvalue weighted by molar-refractivity contribution is 0.415. The minimum atomic E-state index is 0.282. The Morgan fingerprint density at radius 1 is 0.857 bits per heavy atom. The second kappa shape index (κ2) is 8.18. The van der Waals surface area contributed by atoms with Crippen LogP contribution in [0, 0.1) is 0 Å². The van der Waals surface area contributed by atoms with Crippen LogP contribution in [0.1, 0.15) is 5.56 Å². The molecular formula is C22H18N4O2.